The quantitative estimate of drug-likeness (QED) is 0.573. The molecule has 0 bridgehead atoms. The lowest BCUT2D eigenvalue weighted by Gasteiger charge is -2.12. The van der Waals surface area contributed by atoms with Gasteiger partial charge in [0.2, 0.25) is 0 Å². The summed E-state index contributed by atoms with van der Waals surface area (Å²) in [4.78, 5) is 32.1. The Hall–Kier alpha value is -2.61. The van der Waals surface area contributed by atoms with Gasteiger partial charge in [-0.25, -0.2) is 14.2 Å². The van der Waals surface area contributed by atoms with Crippen LogP contribution in [0, 0.1) is 11.7 Å². The third kappa shape index (κ3) is 4.14. The number of fused-ring (bicyclic) bond motifs is 1. The first-order valence-corrected chi connectivity index (χ1v) is 10.4. The van der Waals surface area contributed by atoms with Gasteiger partial charge in [-0.2, -0.15) is 0 Å². The predicted octanol–water partition coefficient (Wildman–Crippen LogP) is 4.20. The van der Waals surface area contributed by atoms with Crippen molar-refractivity contribution in [3.05, 3.63) is 43.8 Å². The van der Waals surface area contributed by atoms with Crippen molar-refractivity contribution in [3.8, 4) is 17.1 Å². The molecule has 1 aromatic carbocycles. The molecular weight excluding hydrogens is 411 g/mol. The molecule has 0 amide bonds. The van der Waals surface area contributed by atoms with Crippen LogP contribution in [-0.2, 0) is 13.1 Å². The summed E-state index contributed by atoms with van der Waals surface area (Å²) >= 11 is 6.05. The first kappa shape index (κ1) is 22.1. The zero-order valence-electron chi connectivity index (χ0n) is 17.6. The lowest BCUT2D eigenvalue weighted by Crippen LogP contribution is -2.31. The number of H-pyrrole nitrogens is 1. The molecule has 3 rings (SSSR count). The molecule has 0 aliphatic heterocycles. The molecule has 0 unspecified atom stereocenters. The number of methoxy groups -OCH3 is 1. The highest BCUT2D eigenvalue weighted by molar-refractivity contribution is 6.32. The molecular formula is C21H26ClFN4O3. The molecule has 0 saturated heterocycles. The van der Waals surface area contributed by atoms with Crippen molar-refractivity contribution >= 4 is 22.8 Å². The van der Waals surface area contributed by atoms with E-state index in [0.717, 1.165) is 25.3 Å². The molecule has 30 heavy (non-hydrogen) atoms. The minimum absolute atomic E-state index is 0.140. The highest BCUT2D eigenvalue weighted by Crippen LogP contribution is 2.34. The highest BCUT2D eigenvalue weighted by atomic mass is 35.5. The van der Waals surface area contributed by atoms with Gasteiger partial charge in [0, 0.05) is 13.1 Å². The molecule has 0 fully saturated rings. The first-order chi connectivity index (χ1) is 14.3. The van der Waals surface area contributed by atoms with Crippen molar-refractivity contribution in [1.82, 2.24) is 19.1 Å². The molecule has 0 aliphatic carbocycles. The number of unbranched alkanes of at least 4 members (excludes halogenated alkanes) is 1. The summed E-state index contributed by atoms with van der Waals surface area (Å²) in [6.45, 7) is 6.99. The van der Waals surface area contributed by atoms with Crippen molar-refractivity contribution < 1.29 is 9.13 Å². The van der Waals surface area contributed by atoms with Crippen LogP contribution in [0.2, 0.25) is 5.02 Å². The van der Waals surface area contributed by atoms with Gasteiger partial charge in [0.05, 0.1) is 17.7 Å². The van der Waals surface area contributed by atoms with Crippen molar-refractivity contribution in [3.63, 3.8) is 0 Å². The van der Waals surface area contributed by atoms with Crippen LogP contribution < -0.4 is 16.0 Å². The molecule has 2 aromatic heterocycles. The summed E-state index contributed by atoms with van der Waals surface area (Å²) in [5, 5.41) is 0.140. The summed E-state index contributed by atoms with van der Waals surface area (Å²) < 4.78 is 23.3. The summed E-state index contributed by atoms with van der Waals surface area (Å²) in [6.07, 6.45) is 2.37. The molecule has 0 aliphatic rings. The molecule has 162 valence electrons. The maximum atomic E-state index is 14.9. The fraction of sp³-hybridized carbons (Fsp3) is 0.476. The Bertz CT molecular complexity index is 1180. The number of aryl methyl sites for hydroxylation is 2. The number of imidazole rings is 1. The van der Waals surface area contributed by atoms with Crippen molar-refractivity contribution in [2.45, 2.75) is 53.1 Å². The van der Waals surface area contributed by atoms with E-state index < -0.39 is 17.1 Å². The number of benzene rings is 1. The summed E-state index contributed by atoms with van der Waals surface area (Å²) in [7, 11) is 1.44. The smallest absolute Gasteiger partial charge is 0.330 e. The van der Waals surface area contributed by atoms with Crippen LogP contribution in [0.4, 0.5) is 4.39 Å². The monoisotopic (exact) mass is 436 g/mol. The second-order valence-electron chi connectivity index (χ2n) is 7.67. The minimum Gasteiger partial charge on any atom is -0.495 e. The normalized spacial score (nSPS) is 11.6. The molecule has 2 heterocycles. The van der Waals surface area contributed by atoms with Gasteiger partial charge in [-0.1, -0.05) is 38.8 Å². The Morgan fingerprint density at radius 3 is 2.60 bits per heavy atom. The van der Waals surface area contributed by atoms with Gasteiger partial charge in [-0.15, -0.1) is 0 Å². The Kier molecular flexibility index (Phi) is 6.65. The zero-order chi connectivity index (χ0) is 22.0. The largest absolute Gasteiger partial charge is 0.495 e. The van der Waals surface area contributed by atoms with E-state index in [1.165, 1.54) is 17.7 Å². The van der Waals surface area contributed by atoms with E-state index in [9.17, 15) is 14.0 Å². The van der Waals surface area contributed by atoms with Crippen molar-refractivity contribution in [2.75, 3.05) is 7.11 Å². The number of halogens is 2. The molecule has 0 spiro atoms. The van der Waals surface area contributed by atoms with Crippen LogP contribution in [0.15, 0.2) is 21.7 Å². The maximum Gasteiger partial charge on any atom is 0.330 e. The van der Waals surface area contributed by atoms with Crippen LogP contribution in [0.3, 0.4) is 0 Å². The first-order valence-electron chi connectivity index (χ1n) is 10.0. The molecule has 0 atom stereocenters. The standard InChI is InChI=1S/C21H26ClFN4O3/c1-5-6-8-27-19-17(20(28)25-21(27)29)26(9-7-12(2)3)18(24-19)13-10-16(30-4)14(22)11-15(13)23/h10-12H,5-9H2,1-4H3,(H,25,28,29). The minimum atomic E-state index is -0.583. The van der Waals surface area contributed by atoms with Crippen molar-refractivity contribution in [2.24, 2.45) is 5.92 Å². The average Bonchev–Trinajstić information content (AvgIpc) is 3.06. The Balaban J connectivity index is 2.35. The van der Waals surface area contributed by atoms with E-state index in [2.05, 4.69) is 23.8 Å². The lowest BCUT2D eigenvalue weighted by molar-refractivity contribution is 0.414. The van der Waals surface area contributed by atoms with E-state index in [4.69, 9.17) is 16.3 Å². The number of ether oxygens (including phenoxy) is 1. The van der Waals surface area contributed by atoms with Crippen LogP contribution in [0.1, 0.15) is 40.0 Å². The molecule has 3 aromatic rings. The number of nitrogens with zero attached hydrogens (tertiary/aromatic N) is 3. The molecule has 9 heteroatoms. The van der Waals surface area contributed by atoms with Crippen LogP contribution >= 0.6 is 11.6 Å². The number of aromatic nitrogens is 4. The summed E-state index contributed by atoms with van der Waals surface area (Å²) in [6, 6.07) is 2.63. The Morgan fingerprint density at radius 2 is 1.97 bits per heavy atom. The predicted molar refractivity (Wildman–Crippen MR) is 116 cm³/mol. The molecule has 1 N–H and O–H groups in total. The number of hydrogen-bond donors (Lipinski definition) is 1. The number of aromatic amines is 1. The fourth-order valence-electron chi connectivity index (χ4n) is 3.36. The molecule has 0 saturated carbocycles. The third-order valence-corrected chi connectivity index (χ3v) is 5.33. The maximum absolute atomic E-state index is 14.9. The zero-order valence-corrected chi connectivity index (χ0v) is 18.3. The molecule has 7 nitrogen and oxygen atoms in total. The summed E-state index contributed by atoms with van der Waals surface area (Å²) in [5.41, 5.74) is -0.384. The van der Waals surface area contributed by atoms with E-state index in [0.29, 0.717) is 24.8 Å². The van der Waals surface area contributed by atoms with Crippen molar-refractivity contribution in [1.29, 1.82) is 0 Å². The Morgan fingerprint density at radius 1 is 1.23 bits per heavy atom. The van der Waals surface area contributed by atoms with Crippen LogP contribution in [-0.4, -0.2) is 26.2 Å². The third-order valence-electron chi connectivity index (χ3n) is 5.03. The number of rotatable bonds is 8. The number of nitrogens with one attached hydrogen (secondary N) is 1. The van der Waals surface area contributed by atoms with Gasteiger partial charge in [0.25, 0.3) is 5.56 Å². The van der Waals surface area contributed by atoms with Gasteiger partial charge >= 0.3 is 5.69 Å². The van der Waals surface area contributed by atoms with Gasteiger partial charge in [0.15, 0.2) is 11.2 Å². The topological polar surface area (TPSA) is 81.9 Å². The second-order valence-corrected chi connectivity index (χ2v) is 8.08. The van der Waals surface area contributed by atoms with E-state index in [1.807, 2.05) is 6.92 Å². The van der Waals surface area contributed by atoms with Gasteiger partial charge < -0.3 is 9.30 Å². The second kappa shape index (κ2) is 9.04. The van der Waals surface area contributed by atoms with E-state index in [1.54, 1.807) is 4.57 Å². The SMILES string of the molecule is CCCCn1c(=O)[nH]c(=O)c2c1nc(-c1cc(OC)c(Cl)cc1F)n2CCC(C)C. The van der Waals surface area contributed by atoms with Gasteiger partial charge in [0.1, 0.15) is 17.4 Å². The molecule has 0 radical (unpaired) electrons. The summed E-state index contributed by atoms with van der Waals surface area (Å²) in [5.74, 6) is 0.332. The van der Waals surface area contributed by atoms with E-state index in [-0.39, 0.29) is 27.6 Å². The number of hydrogen-bond acceptors (Lipinski definition) is 4. The van der Waals surface area contributed by atoms with E-state index >= 15 is 0 Å². The van der Waals surface area contributed by atoms with Crippen LogP contribution in [0.5, 0.6) is 5.75 Å². The lowest BCUT2D eigenvalue weighted by atomic mass is 10.1. The Labute approximate surface area is 178 Å². The average molecular weight is 437 g/mol. The van der Waals surface area contributed by atoms with Gasteiger partial charge in [-0.05, 0) is 30.9 Å². The highest BCUT2D eigenvalue weighted by Gasteiger charge is 2.23. The van der Waals surface area contributed by atoms with Gasteiger partial charge in [-0.3, -0.25) is 14.3 Å². The van der Waals surface area contributed by atoms with Crippen LogP contribution in [0.25, 0.3) is 22.6 Å². The fourth-order valence-corrected chi connectivity index (χ4v) is 3.59.